The molecule has 0 saturated heterocycles. The van der Waals surface area contributed by atoms with Crippen molar-refractivity contribution in [3.05, 3.63) is 0 Å². The second-order valence-electron chi connectivity index (χ2n) is 6.35. The van der Waals surface area contributed by atoms with Gasteiger partial charge in [-0.1, -0.05) is 66.2 Å². The van der Waals surface area contributed by atoms with Crippen LogP contribution < -0.4 is 9.79 Å². The van der Waals surface area contributed by atoms with Crippen LogP contribution in [0.1, 0.15) is 91.9 Å². The Kier molecular flexibility index (Phi) is 27.7. The van der Waals surface area contributed by atoms with Gasteiger partial charge in [0.2, 0.25) is 0 Å². The number of unbranched alkanes of at least 4 members (excludes halogenated alkanes) is 6. The molecule has 0 saturated carbocycles. The zero-order valence-electron chi connectivity index (χ0n) is 18.4. The van der Waals surface area contributed by atoms with E-state index in [0.29, 0.717) is 6.42 Å². The van der Waals surface area contributed by atoms with E-state index in [2.05, 4.69) is 22.9 Å². The Morgan fingerprint density at radius 3 is 1.28 bits per heavy atom. The van der Waals surface area contributed by atoms with Crippen LogP contribution in [0.25, 0.3) is 0 Å². The Hall–Kier alpha value is 0.714. The maximum absolute atomic E-state index is 11.2. The minimum atomic E-state index is -4.03. The predicted molar refractivity (Wildman–Crippen MR) is 108 cm³/mol. The third-order valence-electron chi connectivity index (χ3n) is 3.45. The quantitative estimate of drug-likeness (QED) is 0.146. The van der Waals surface area contributed by atoms with Gasteiger partial charge in [-0.3, -0.25) is 9.13 Å². The Balaban J connectivity index is -0.000000468. The van der Waals surface area contributed by atoms with Gasteiger partial charge < -0.3 is 27.9 Å². The molecule has 0 bridgehead atoms. The summed E-state index contributed by atoms with van der Waals surface area (Å²) < 4.78 is 40.6. The molecule has 0 aromatic carbocycles. The van der Waals surface area contributed by atoms with Crippen molar-refractivity contribution in [2.45, 2.75) is 91.9 Å². The van der Waals surface area contributed by atoms with Gasteiger partial charge in [0.25, 0.3) is 15.6 Å². The molecule has 0 rings (SSSR count). The number of phosphoric acid groups is 2. The largest absolute Gasteiger partial charge is 2.00 e. The van der Waals surface area contributed by atoms with Gasteiger partial charge in [-0.15, -0.1) is 0 Å². The van der Waals surface area contributed by atoms with Crippen molar-refractivity contribution < 1.29 is 53.5 Å². The second-order valence-corrected chi connectivity index (χ2v) is 9.17. The van der Waals surface area contributed by atoms with E-state index in [1.807, 2.05) is 13.8 Å². The zero-order chi connectivity index (χ0) is 21.7. The Bertz CT molecular complexity index is 427. The third-order valence-corrected chi connectivity index (χ3v) is 5.44. The summed E-state index contributed by atoms with van der Waals surface area (Å²) in [5, 5.41) is 0. The fourth-order valence-corrected chi connectivity index (χ4v) is 3.45. The number of hydrogen-bond acceptors (Lipinski definition) is 8. The first-order valence-corrected chi connectivity index (χ1v) is 13.4. The molecule has 0 spiro atoms. The van der Waals surface area contributed by atoms with Crippen molar-refractivity contribution in [3.8, 4) is 0 Å². The monoisotopic (exact) mass is 504 g/mol. The Morgan fingerprint density at radius 1 is 0.517 bits per heavy atom. The predicted octanol–water partition coefficient (Wildman–Crippen LogP) is 4.95. The minimum Gasteiger partial charge on any atom is -0.756 e. The summed E-state index contributed by atoms with van der Waals surface area (Å²) in [5.41, 5.74) is 0. The van der Waals surface area contributed by atoms with Gasteiger partial charge in [0.1, 0.15) is 0 Å². The second kappa shape index (κ2) is 23.4. The molecule has 2 unspecified atom stereocenters. The molecule has 180 valence electrons. The summed E-state index contributed by atoms with van der Waals surface area (Å²) in [6.45, 7) is 8.88. The molecule has 2 atom stereocenters. The first-order chi connectivity index (χ1) is 13.2. The third kappa shape index (κ3) is 28.7. The molecule has 0 amide bonds. The number of rotatable bonds is 18. The molecule has 0 radical (unpaired) electrons. The van der Waals surface area contributed by atoms with Crippen molar-refractivity contribution >= 4 is 15.6 Å². The SMILES string of the molecule is CCCCCCOP(=O)([O-])OCCCCC.CCCCOP(=O)([O-])OCCC.[Ni+2]. The molecular formula is C18H40NiO8P2. The van der Waals surface area contributed by atoms with Crippen LogP contribution >= 0.6 is 15.6 Å². The van der Waals surface area contributed by atoms with E-state index in [1.54, 1.807) is 0 Å². The van der Waals surface area contributed by atoms with Gasteiger partial charge in [-0.05, 0) is 25.7 Å². The molecule has 0 N–H and O–H groups in total. The van der Waals surface area contributed by atoms with Gasteiger partial charge in [-0.25, -0.2) is 0 Å². The van der Waals surface area contributed by atoms with E-state index >= 15 is 0 Å². The summed E-state index contributed by atoms with van der Waals surface area (Å²) in [6.07, 6.45) is 9.14. The summed E-state index contributed by atoms with van der Waals surface area (Å²) >= 11 is 0. The molecule has 0 fully saturated rings. The van der Waals surface area contributed by atoms with Gasteiger partial charge in [0.05, 0.1) is 26.4 Å². The fraction of sp³-hybridized carbons (Fsp3) is 1.00. The van der Waals surface area contributed by atoms with E-state index in [0.717, 1.165) is 57.8 Å². The van der Waals surface area contributed by atoms with Crippen LogP contribution in [0.15, 0.2) is 0 Å². The maximum atomic E-state index is 11.2. The molecule has 0 aromatic rings. The summed E-state index contributed by atoms with van der Waals surface area (Å²) in [5.74, 6) is 0. The van der Waals surface area contributed by atoms with Gasteiger partial charge in [0, 0.05) is 0 Å². The van der Waals surface area contributed by atoms with Crippen LogP contribution in [0.5, 0.6) is 0 Å². The van der Waals surface area contributed by atoms with Crippen molar-refractivity contribution in [1.82, 2.24) is 0 Å². The molecule has 8 nitrogen and oxygen atoms in total. The van der Waals surface area contributed by atoms with Crippen LogP contribution in [-0.4, -0.2) is 26.4 Å². The average Bonchev–Trinajstić information content (AvgIpc) is 2.64. The fourth-order valence-electron chi connectivity index (χ4n) is 1.83. The van der Waals surface area contributed by atoms with Crippen LogP contribution in [0.2, 0.25) is 0 Å². The van der Waals surface area contributed by atoms with Gasteiger partial charge >= 0.3 is 16.5 Å². The molecule has 0 aromatic heterocycles. The topological polar surface area (TPSA) is 117 Å². The number of phosphoric ester groups is 2. The molecule has 0 aliphatic rings. The Labute approximate surface area is 187 Å². The smallest absolute Gasteiger partial charge is 0.756 e. The van der Waals surface area contributed by atoms with Gasteiger partial charge in [0.15, 0.2) is 0 Å². The maximum Gasteiger partial charge on any atom is 2.00 e. The van der Waals surface area contributed by atoms with Crippen LogP contribution in [0.4, 0.5) is 0 Å². The van der Waals surface area contributed by atoms with Crippen LogP contribution in [0, 0.1) is 0 Å². The summed E-state index contributed by atoms with van der Waals surface area (Å²) in [4.78, 5) is 22.1. The first-order valence-electron chi connectivity index (χ1n) is 10.4. The van der Waals surface area contributed by atoms with Crippen molar-refractivity contribution in [2.24, 2.45) is 0 Å². The average molecular weight is 505 g/mol. The van der Waals surface area contributed by atoms with E-state index < -0.39 is 15.6 Å². The van der Waals surface area contributed by atoms with E-state index in [4.69, 9.17) is 9.05 Å². The van der Waals surface area contributed by atoms with Crippen LogP contribution in [-0.2, 0) is 43.7 Å². The van der Waals surface area contributed by atoms with Crippen molar-refractivity contribution in [1.29, 1.82) is 0 Å². The molecule has 29 heavy (non-hydrogen) atoms. The Morgan fingerprint density at radius 2 is 0.862 bits per heavy atom. The molecule has 11 heteroatoms. The van der Waals surface area contributed by atoms with Crippen molar-refractivity contribution in [3.63, 3.8) is 0 Å². The first kappa shape index (κ1) is 34.3. The van der Waals surface area contributed by atoms with Crippen LogP contribution in [0.3, 0.4) is 0 Å². The van der Waals surface area contributed by atoms with Gasteiger partial charge in [-0.2, -0.15) is 0 Å². The molecular weight excluding hydrogens is 465 g/mol. The normalized spacial score (nSPS) is 14.8. The van der Waals surface area contributed by atoms with E-state index in [1.165, 1.54) is 0 Å². The van der Waals surface area contributed by atoms with E-state index in [9.17, 15) is 18.9 Å². The molecule has 0 aliphatic carbocycles. The standard InChI is InChI=1S/C11H25O4P.C7H17O4P.Ni/c1-3-5-7-9-11-15-16(12,13)14-10-8-6-4-2;1-3-5-7-11-12(8,9)10-6-4-2;/h3-11H2,1-2H3,(H,12,13);3-7H2,1-2H3,(H,8,9);/q;;+2/p-2. The zero-order valence-corrected chi connectivity index (χ0v) is 21.2. The number of hydrogen-bond donors (Lipinski definition) is 0. The summed E-state index contributed by atoms with van der Waals surface area (Å²) in [6, 6.07) is 0. The van der Waals surface area contributed by atoms with E-state index in [-0.39, 0.29) is 42.9 Å². The van der Waals surface area contributed by atoms with Crippen molar-refractivity contribution in [2.75, 3.05) is 26.4 Å². The molecule has 0 heterocycles. The summed E-state index contributed by atoms with van der Waals surface area (Å²) in [7, 11) is -8.02. The minimum absolute atomic E-state index is 0. The molecule has 0 aliphatic heterocycles.